The molecule has 1 N–H and O–H groups in total. The zero-order chi connectivity index (χ0) is 16.4. The maximum Gasteiger partial charge on any atom is 0.264 e. The number of carbonyl (C=O) groups is 1. The molecule has 2 heterocycles. The lowest BCUT2D eigenvalue weighted by Crippen LogP contribution is -2.46. The van der Waals surface area contributed by atoms with Gasteiger partial charge in [0.1, 0.15) is 12.7 Å². The fourth-order valence-corrected chi connectivity index (χ4v) is 3.55. The maximum absolute atomic E-state index is 12.3. The van der Waals surface area contributed by atoms with Crippen LogP contribution in [0.1, 0.15) is 32.1 Å². The monoisotopic (exact) mass is 333 g/mol. The molecule has 3 aliphatic rings. The van der Waals surface area contributed by atoms with Gasteiger partial charge in [-0.25, -0.2) is 0 Å². The minimum absolute atomic E-state index is 0.0937. The molecule has 1 saturated heterocycles. The maximum atomic E-state index is 12.3. The summed E-state index contributed by atoms with van der Waals surface area (Å²) in [4.78, 5) is 12.3. The van der Waals surface area contributed by atoms with E-state index in [9.17, 15) is 4.79 Å². The lowest BCUT2D eigenvalue weighted by molar-refractivity contribution is -0.186. The number of carbonyl (C=O) groups excluding carboxylic acids is 1. The van der Waals surface area contributed by atoms with Gasteiger partial charge in [0.25, 0.3) is 5.91 Å². The second-order valence-corrected chi connectivity index (χ2v) is 6.63. The highest BCUT2D eigenvalue weighted by molar-refractivity contribution is 5.81. The van der Waals surface area contributed by atoms with Crippen LogP contribution in [0.3, 0.4) is 0 Å². The molecule has 24 heavy (non-hydrogen) atoms. The van der Waals surface area contributed by atoms with Crippen LogP contribution in [0, 0.1) is 0 Å². The van der Waals surface area contributed by atoms with E-state index in [1.54, 1.807) is 6.07 Å². The first kappa shape index (κ1) is 15.7. The smallest absolute Gasteiger partial charge is 0.264 e. The van der Waals surface area contributed by atoms with E-state index < -0.39 is 11.9 Å². The summed E-state index contributed by atoms with van der Waals surface area (Å²) in [6.45, 7) is 1.18. The highest BCUT2D eigenvalue weighted by Crippen LogP contribution is 2.37. The lowest BCUT2D eigenvalue weighted by atomic mass is 9.94. The van der Waals surface area contributed by atoms with Gasteiger partial charge >= 0.3 is 0 Å². The molecule has 2 unspecified atom stereocenters. The summed E-state index contributed by atoms with van der Waals surface area (Å²) in [6.07, 6.45) is 4.71. The fourth-order valence-electron chi connectivity index (χ4n) is 3.55. The van der Waals surface area contributed by atoms with E-state index in [0.29, 0.717) is 24.7 Å². The third-order valence-electron chi connectivity index (χ3n) is 4.83. The SMILES string of the molecule is O=C(NCC1COC2(CCCCC2)O1)C1COc2ccccc2O1. The Bertz CT molecular complexity index is 599. The van der Waals surface area contributed by atoms with Gasteiger partial charge in [0.05, 0.1) is 6.61 Å². The number of benzene rings is 1. The van der Waals surface area contributed by atoms with Crippen molar-refractivity contribution in [3.63, 3.8) is 0 Å². The number of hydrogen-bond acceptors (Lipinski definition) is 5. The van der Waals surface area contributed by atoms with Crippen LogP contribution in [0.25, 0.3) is 0 Å². The Morgan fingerprint density at radius 3 is 2.75 bits per heavy atom. The van der Waals surface area contributed by atoms with Gasteiger partial charge in [-0.15, -0.1) is 0 Å². The molecule has 1 aliphatic carbocycles. The lowest BCUT2D eigenvalue weighted by Gasteiger charge is -2.31. The topological polar surface area (TPSA) is 66.0 Å². The Kier molecular flexibility index (Phi) is 4.33. The van der Waals surface area contributed by atoms with E-state index in [-0.39, 0.29) is 18.6 Å². The zero-order valence-electron chi connectivity index (χ0n) is 13.7. The molecule has 2 aliphatic heterocycles. The summed E-state index contributed by atoms with van der Waals surface area (Å²) < 4.78 is 23.3. The van der Waals surface area contributed by atoms with Gasteiger partial charge in [0.15, 0.2) is 17.3 Å². The second-order valence-electron chi connectivity index (χ2n) is 6.63. The van der Waals surface area contributed by atoms with Gasteiger partial charge in [-0.3, -0.25) is 4.79 Å². The summed E-state index contributed by atoms with van der Waals surface area (Å²) >= 11 is 0. The van der Waals surface area contributed by atoms with Crippen molar-refractivity contribution in [1.82, 2.24) is 5.32 Å². The first-order valence-electron chi connectivity index (χ1n) is 8.72. The Morgan fingerprint density at radius 2 is 1.92 bits per heavy atom. The van der Waals surface area contributed by atoms with E-state index in [1.165, 1.54) is 6.42 Å². The van der Waals surface area contributed by atoms with Gasteiger partial charge in [-0.2, -0.15) is 0 Å². The Hall–Kier alpha value is -1.79. The quantitative estimate of drug-likeness (QED) is 0.917. The van der Waals surface area contributed by atoms with Crippen molar-refractivity contribution in [3.8, 4) is 11.5 Å². The molecule has 0 aromatic heterocycles. The molecule has 1 aromatic carbocycles. The molecule has 2 fully saturated rings. The second kappa shape index (κ2) is 6.61. The Morgan fingerprint density at radius 1 is 1.12 bits per heavy atom. The minimum atomic E-state index is -0.633. The van der Waals surface area contributed by atoms with E-state index >= 15 is 0 Å². The van der Waals surface area contributed by atoms with Crippen LogP contribution in [-0.4, -0.2) is 43.7 Å². The molecule has 6 nitrogen and oxygen atoms in total. The van der Waals surface area contributed by atoms with Gasteiger partial charge in [-0.1, -0.05) is 18.6 Å². The van der Waals surface area contributed by atoms with Gasteiger partial charge in [-0.05, 0) is 25.0 Å². The predicted molar refractivity (Wildman–Crippen MR) is 86.0 cm³/mol. The fraction of sp³-hybridized carbons (Fsp3) is 0.611. The van der Waals surface area contributed by atoms with Crippen molar-refractivity contribution in [2.75, 3.05) is 19.8 Å². The Balaban J connectivity index is 1.27. The molecule has 1 amide bonds. The van der Waals surface area contributed by atoms with Crippen LogP contribution in [-0.2, 0) is 14.3 Å². The molecule has 1 saturated carbocycles. The summed E-state index contributed by atoms with van der Waals surface area (Å²) in [7, 11) is 0. The van der Waals surface area contributed by atoms with E-state index in [0.717, 1.165) is 25.7 Å². The molecule has 6 heteroatoms. The number of amides is 1. The molecule has 1 aromatic rings. The molecule has 4 rings (SSSR count). The molecular formula is C18H23NO5. The van der Waals surface area contributed by atoms with Crippen LogP contribution in [0.15, 0.2) is 24.3 Å². The van der Waals surface area contributed by atoms with Crippen molar-refractivity contribution in [1.29, 1.82) is 0 Å². The summed E-state index contributed by atoms with van der Waals surface area (Å²) in [5.74, 6) is 0.688. The highest BCUT2D eigenvalue weighted by atomic mass is 16.7. The summed E-state index contributed by atoms with van der Waals surface area (Å²) in [5.41, 5.74) is 0. The van der Waals surface area contributed by atoms with Crippen molar-refractivity contribution >= 4 is 5.91 Å². The molecular weight excluding hydrogens is 310 g/mol. The third-order valence-corrected chi connectivity index (χ3v) is 4.83. The summed E-state index contributed by atoms with van der Waals surface area (Å²) in [5, 5.41) is 2.90. The van der Waals surface area contributed by atoms with Crippen LogP contribution in [0.4, 0.5) is 0 Å². The summed E-state index contributed by atoms with van der Waals surface area (Å²) in [6, 6.07) is 7.36. The largest absolute Gasteiger partial charge is 0.485 e. The zero-order valence-corrected chi connectivity index (χ0v) is 13.7. The normalized spacial score (nSPS) is 27.8. The number of nitrogens with one attached hydrogen (secondary N) is 1. The van der Waals surface area contributed by atoms with Crippen LogP contribution < -0.4 is 14.8 Å². The number of para-hydroxylation sites is 2. The van der Waals surface area contributed by atoms with Gasteiger partial charge in [0, 0.05) is 19.4 Å². The third kappa shape index (κ3) is 3.21. The molecule has 130 valence electrons. The van der Waals surface area contributed by atoms with Gasteiger partial charge in [0.2, 0.25) is 6.10 Å². The Labute approximate surface area is 141 Å². The predicted octanol–water partition coefficient (Wildman–Crippen LogP) is 2.02. The van der Waals surface area contributed by atoms with Crippen molar-refractivity contribution in [2.24, 2.45) is 0 Å². The van der Waals surface area contributed by atoms with Crippen LogP contribution in [0.5, 0.6) is 11.5 Å². The average Bonchev–Trinajstić information content (AvgIpc) is 3.02. The highest BCUT2D eigenvalue weighted by Gasteiger charge is 2.42. The number of hydrogen-bond donors (Lipinski definition) is 1. The van der Waals surface area contributed by atoms with Gasteiger partial charge < -0.3 is 24.3 Å². The molecule has 0 radical (unpaired) electrons. The van der Waals surface area contributed by atoms with Crippen LogP contribution in [0.2, 0.25) is 0 Å². The van der Waals surface area contributed by atoms with Crippen molar-refractivity contribution in [3.05, 3.63) is 24.3 Å². The number of ether oxygens (including phenoxy) is 4. The van der Waals surface area contributed by atoms with Crippen molar-refractivity contribution < 1.29 is 23.7 Å². The van der Waals surface area contributed by atoms with Crippen LogP contribution >= 0.6 is 0 Å². The van der Waals surface area contributed by atoms with E-state index in [4.69, 9.17) is 18.9 Å². The number of rotatable bonds is 3. The van der Waals surface area contributed by atoms with E-state index in [1.807, 2.05) is 18.2 Å². The number of fused-ring (bicyclic) bond motifs is 1. The molecule has 1 spiro atoms. The average molecular weight is 333 g/mol. The standard InChI is InChI=1S/C18H23NO5/c20-17(16-12-21-14-6-2-3-7-15(14)23-16)19-10-13-11-22-18(24-13)8-4-1-5-9-18/h2-3,6-7,13,16H,1,4-5,8-12H2,(H,19,20). The van der Waals surface area contributed by atoms with Crippen molar-refractivity contribution in [2.45, 2.75) is 50.1 Å². The molecule has 0 bridgehead atoms. The van der Waals surface area contributed by atoms with E-state index in [2.05, 4.69) is 5.32 Å². The molecule has 2 atom stereocenters. The minimum Gasteiger partial charge on any atom is -0.485 e. The first-order valence-corrected chi connectivity index (χ1v) is 8.72. The first-order chi connectivity index (χ1) is 11.7.